The Balaban J connectivity index is 1.83. The van der Waals surface area contributed by atoms with Crippen LogP contribution in [0.2, 0.25) is 0 Å². The number of amides is 1. The maximum Gasteiger partial charge on any atom is 0.231 e. The zero-order valence-electron chi connectivity index (χ0n) is 9.93. The van der Waals surface area contributed by atoms with Crippen molar-refractivity contribution in [3.8, 4) is 0 Å². The average molecular weight is 258 g/mol. The molecule has 0 fully saturated rings. The molecule has 4 heteroatoms. The predicted molar refractivity (Wildman–Crippen MR) is 74.9 cm³/mol. The Kier molecular flexibility index (Phi) is 2.80. The van der Waals surface area contributed by atoms with Crippen molar-refractivity contribution in [2.45, 2.75) is 12.8 Å². The maximum absolute atomic E-state index is 12.3. The van der Waals surface area contributed by atoms with E-state index in [0.717, 1.165) is 24.2 Å². The molecule has 0 unspecified atom stereocenters. The normalized spacial score (nSPS) is 13.7. The predicted octanol–water partition coefficient (Wildman–Crippen LogP) is 2.46. The van der Waals surface area contributed by atoms with Crippen LogP contribution in [0, 0.1) is 0 Å². The minimum absolute atomic E-state index is 0.151. The van der Waals surface area contributed by atoms with E-state index < -0.39 is 0 Å². The Morgan fingerprint density at radius 2 is 2.28 bits per heavy atom. The molecule has 18 heavy (non-hydrogen) atoms. The number of hydrogen-bond donors (Lipinski definition) is 1. The lowest BCUT2D eigenvalue weighted by Crippen LogP contribution is -2.30. The van der Waals surface area contributed by atoms with E-state index in [9.17, 15) is 4.79 Å². The summed E-state index contributed by atoms with van der Waals surface area (Å²) in [7, 11) is 0. The van der Waals surface area contributed by atoms with Gasteiger partial charge in [-0.25, -0.2) is 0 Å². The first-order valence-corrected chi connectivity index (χ1v) is 6.88. The molecule has 0 bridgehead atoms. The minimum atomic E-state index is 0.151. The minimum Gasteiger partial charge on any atom is -0.399 e. The van der Waals surface area contributed by atoms with Crippen LogP contribution in [0.1, 0.15) is 11.1 Å². The highest BCUT2D eigenvalue weighted by Gasteiger charge is 2.24. The number of benzene rings is 1. The Morgan fingerprint density at radius 3 is 3.06 bits per heavy atom. The second kappa shape index (κ2) is 4.46. The van der Waals surface area contributed by atoms with Gasteiger partial charge < -0.3 is 10.6 Å². The van der Waals surface area contributed by atoms with Gasteiger partial charge in [0.2, 0.25) is 5.91 Å². The largest absolute Gasteiger partial charge is 0.399 e. The Bertz CT molecular complexity index is 577. The summed E-state index contributed by atoms with van der Waals surface area (Å²) in [6.45, 7) is 0.766. The summed E-state index contributed by atoms with van der Waals surface area (Å²) in [5, 5.41) is 4.02. The van der Waals surface area contributed by atoms with Crippen LogP contribution in [0.4, 0.5) is 11.4 Å². The molecule has 1 aliphatic rings. The molecule has 1 aliphatic heterocycles. The molecule has 3 rings (SSSR count). The number of anilines is 2. The number of nitrogens with zero attached hydrogens (tertiary/aromatic N) is 1. The van der Waals surface area contributed by atoms with Gasteiger partial charge >= 0.3 is 0 Å². The first kappa shape index (κ1) is 11.3. The van der Waals surface area contributed by atoms with E-state index in [-0.39, 0.29) is 5.91 Å². The lowest BCUT2D eigenvalue weighted by Gasteiger charge is -2.17. The van der Waals surface area contributed by atoms with E-state index in [0.29, 0.717) is 12.1 Å². The van der Waals surface area contributed by atoms with E-state index in [2.05, 4.69) is 0 Å². The van der Waals surface area contributed by atoms with Gasteiger partial charge in [-0.2, -0.15) is 11.3 Å². The first-order chi connectivity index (χ1) is 8.74. The van der Waals surface area contributed by atoms with Crippen LogP contribution in [0.25, 0.3) is 0 Å². The third-order valence-electron chi connectivity index (χ3n) is 3.24. The van der Waals surface area contributed by atoms with Gasteiger partial charge in [0.1, 0.15) is 0 Å². The van der Waals surface area contributed by atoms with E-state index >= 15 is 0 Å². The van der Waals surface area contributed by atoms with Crippen molar-refractivity contribution in [3.63, 3.8) is 0 Å². The second-order valence-corrected chi connectivity index (χ2v) is 5.27. The van der Waals surface area contributed by atoms with Gasteiger partial charge in [-0.3, -0.25) is 4.79 Å². The van der Waals surface area contributed by atoms with Crippen molar-refractivity contribution in [3.05, 3.63) is 46.2 Å². The first-order valence-electron chi connectivity index (χ1n) is 5.94. The number of rotatable bonds is 2. The molecular weight excluding hydrogens is 244 g/mol. The third kappa shape index (κ3) is 1.99. The number of carbonyl (C=O) groups is 1. The summed E-state index contributed by atoms with van der Waals surface area (Å²) in [5.74, 6) is 0.151. The zero-order chi connectivity index (χ0) is 12.5. The summed E-state index contributed by atoms with van der Waals surface area (Å²) in [6, 6.07) is 7.81. The van der Waals surface area contributed by atoms with Gasteiger partial charge in [0.05, 0.1) is 6.42 Å². The van der Waals surface area contributed by atoms with Crippen molar-refractivity contribution in [2.24, 2.45) is 0 Å². The Labute approximate surface area is 110 Å². The molecule has 0 atom stereocenters. The molecule has 0 saturated carbocycles. The lowest BCUT2D eigenvalue weighted by molar-refractivity contribution is -0.117. The van der Waals surface area contributed by atoms with Gasteiger partial charge in [-0.05, 0) is 46.5 Å². The standard InChI is InChI=1S/C14H14N2OS/c15-12-2-1-11-3-5-16(13(11)8-12)14(17)7-10-4-6-18-9-10/h1-2,4,6,8-9H,3,5,7,15H2. The van der Waals surface area contributed by atoms with Crippen LogP contribution in [0.15, 0.2) is 35.0 Å². The maximum atomic E-state index is 12.3. The van der Waals surface area contributed by atoms with Crippen molar-refractivity contribution >= 4 is 28.6 Å². The number of fused-ring (bicyclic) bond motifs is 1. The summed E-state index contributed by atoms with van der Waals surface area (Å²) in [6.07, 6.45) is 1.39. The second-order valence-electron chi connectivity index (χ2n) is 4.49. The van der Waals surface area contributed by atoms with Gasteiger partial charge in [0, 0.05) is 17.9 Å². The number of hydrogen-bond acceptors (Lipinski definition) is 3. The van der Waals surface area contributed by atoms with Gasteiger partial charge in [-0.15, -0.1) is 0 Å². The van der Waals surface area contributed by atoms with Gasteiger partial charge in [0.15, 0.2) is 0 Å². The molecule has 2 N–H and O–H groups in total. The Morgan fingerprint density at radius 1 is 1.39 bits per heavy atom. The highest BCUT2D eigenvalue weighted by molar-refractivity contribution is 7.08. The number of nitrogens with two attached hydrogens (primary N) is 1. The van der Waals surface area contributed by atoms with Crippen LogP contribution < -0.4 is 10.6 Å². The fourth-order valence-electron chi connectivity index (χ4n) is 2.32. The summed E-state index contributed by atoms with van der Waals surface area (Å²) >= 11 is 1.62. The van der Waals surface area contributed by atoms with E-state index in [1.165, 1.54) is 5.56 Å². The lowest BCUT2D eigenvalue weighted by atomic mass is 10.1. The molecule has 0 saturated heterocycles. The van der Waals surface area contributed by atoms with Crippen LogP contribution in [-0.4, -0.2) is 12.5 Å². The molecule has 1 aromatic heterocycles. The van der Waals surface area contributed by atoms with Gasteiger partial charge in [0.25, 0.3) is 0 Å². The molecule has 1 aromatic carbocycles. The molecule has 3 nitrogen and oxygen atoms in total. The van der Waals surface area contributed by atoms with E-state index in [4.69, 9.17) is 5.73 Å². The van der Waals surface area contributed by atoms with E-state index in [1.807, 2.05) is 39.9 Å². The van der Waals surface area contributed by atoms with E-state index in [1.54, 1.807) is 11.3 Å². The number of nitrogen functional groups attached to an aromatic ring is 1. The quantitative estimate of drug-likeness (QED) is 0.841. The van der Waals surface area contributed by atoms with Gasteiger partial charge in [-0.1, -0.05) is 6.07 Å². The van der Waals surface area contributed by atoms with Crippen LogP contribution in [-0.2, 0) is 17.6 Å². The van der Waals surface area contributed by atoms with Crippen molar-refractivity contribution < 1.29 is 4.79 Å². The number of carbonyl (C=O) groups excluding carboxylic acids is 1. The van der Waals surface area contributed by atoms with Crippen molar-refractivity contribution in [2.75, 3.05) is 17.2 Å². The molecular formula is C14H14N2OS. The van der Waals surface area contributed by atoms with Crippen LogP contribution in [0.5, 0.6) is 0 Å². The highest BCUT2D eigenvalue weighted by atomic mass is 32.1. The number of thiophene rings is 1. The monoisotopic (exact) mass is 258 g/mol. The molecule has 0 spiro atoms. The van der Waals surface area contributed by atoms with Crippen molar-refractivity contribution in [1.29, 1.82) is 0 Å². The molecule has 2 aromatic rings. The molecule has 2 heterocycles. The fraction of sp³-hybridized carbons (Fsp3) is 0.214. The molecule has 1 amide bonds. The van der Waals surface area contributed by atoms with Crippen molar-refractivity contribution in [1.82, 2.24) is 0 Å². The van der Waals surface area contributed by atoms with Crippen LogP contribution >= 0.6 is 11.3 Å². The topological polar surface area (TPSA) is 46.3 Å². The molecule has 92 valence electrons. The summed E-state index contributed by atoms with van der Waals surface area (Å²) < 4.78 is 0. The molecule has 0 aliphatic carbocycles. The summed E-state index contributed by atoms with van der Waals surface area (Å²) in [5.41, 5.74) is 9.78. The fourth-order valence-corrected chi connectivity index (χ4v) is 2.99. The summed E-state index contributed by atoms with van der Waals surface area (Å²) in [4.78, 5) is 14.1. The smallest absolute Gasteiger partial charge is 0.231 e. The average Bonchev–Trinajstić information content (AvgIpc) is 2.97. The van der Waals surface area contributed by atoms with Crippen LogP contribution in [0.3, 0.4) is 0 Å². The SMILES string of the molecule is Nc1ccc2c(c1)N(C(=O)Cc1ccsc1)CC2. The Hall–Kier alpha value is -1.81. The highest BCUT2D eigenvalue weighted by Crippen LogP contribution is 2.30. The zero-order valence-corrected chi connectivity index (χ0v) is 10.7. The molecule has 0 radical (unpaired) electrons. The third-order valence-corrected chi connectivity index (χ3v) is 3.97.